The lowest BCUT2D eigenvalue weighted by molar-refractivity contribution is 0.257. The molecule has 1 aromatic rings. The minimum Gasteiger partial charge on any atom is -0.208 e. The monoisotopic (exact) mass is 359 g/mol. The second-order valence-corrected chi connectivity index (χ2v) is 8.71. The third kappa shape index (κ3) is 3.83. The van der Waals surface area contributed by atoms with Gasteiger partial charge in [-0.15, -0.1) is 0 Å². The van der Waals surface area contributed by atoms with Crippen LogP contribution < -0.4 is 4.72 Å². The molecule has 3 nitrogen and oxygen atoms in total. The first-order valence-corrected chi connectivity index (χ1v) is 9.34. The molecule has 1 aromatic carbocycles. The lowest BCUT2D eigenvalue weighted by atomic mass is 9.81. The molecule has 0 aliphatic heterocycles. The van der Waals surface area contributed by atoms with E-state index in [9.17, 15) is 8.42 Å². The standard InChI is InChI=1S/C15H22BrNO2S/c1-10-4-5-15(14(16)9-10)20(18,19)17-13-7-11(2)6-12(3)8-13/h4-5,9,11-13,17H,6-8H2,1-3H3. The van der Waals surface area contributed by atoms with E-state index in [1.165, 1.54) is 6.42 Å². The summed E-state index contributed by atoms with van der Waals surface area (Å²) in [5.41, 5.74) is 1.04. The molecule has 112 valence electrons. The highest BCUT2D eigenvalue weighted by Crippen LogP contribution is 2.30. The predicted octanol–water partition coefficient (Wildman–Crippen LogP) is 3.86. The van der Waals surface area contributed by atoms with E-state index in [1.807, 2.05) is 19.1 Å². The summed E-state index contributed by atoms with van der Waals surface area (Å²) in [5, 5.41) is 0. The van der Waals surface area contributed by atoms with Crippen LogP contribution in [0, 0.1) is 18.8 Å². The predicted molar refractivity (Wildman–Crippen MR) is 85.2 cm³/mol. The van der Waals surface area contributed by atoms with Crippen molar-refractivity contribution in [3.63, 3.8) is 0 Å². The second kappa shape index (κ2) is 6.16. The molecule has 0 bridgehead atoms. The van der Waals surface area contributed by atoms with Crippen molar-refractivity contribution in [3.05, 3.63) is 28.2 Å². The molecule has 0 radical (unpaired) electrons. The van der Waals surface area contributed by atoms with E-state index < -0.39 is 10.0 Å². The highest BCUT2D eigenvalue weighted by Gasteiger charge is 2.28. The van der Waals surface area contributed by atoms with Gasteiger partial charge in [0.25, 0.3) is 0 Å². The lowest BCUT2D eigenvalue weighted by Crippen LogP contribution is -2.40. The fourth-order valence-electron chi connectivity index (χ4n) is 3.15. The molecule has 1 fully saturated rings. The topological polar surface area (TPSA) is 46.2 Å². The van der Waals surface area contributed by atoms with Crippen LogP contribution in [-0.4, -0.2) is 14.5 Å². The van der Waals surface area contributed by atoms with Crippen molar-refractivity contribution < 1.29 is 8.42 Å². The molecule has 0 heterocycles. The van der Waals surface area contributed by atoms with Crippen molar-refractivity contribution in [1.82, 2.24) is 4.72 Å². The van der Waals surface area contributed by atoms with Crippen LogP contribution in [-0.2, 0) is 10.0 Å². The van der Waals surface area contributed by atoms with Crippen molar-refractivity contribution >= 4 is 26.0 Å². The summed E-state index contributed by atoms with van der Waals surface area (Å²) in [6.45, 7) is 6.33. The normalized spacial score (nSPS) is 27.5. The number of halogens is 1. The maximum absolute atomic E-state index is 12.5. The molecule has 0 aromatic heterocycles. The zero-order valence-corrected chi connectivity index (χ0v) is 14.6. The van der Waals surface area contributed by atoms with E-state index in [0.29, 0.717) is 21.2 Å². The van der Waals surface area contributed by atoms with Gasteiger partial charge in [0.1, 0.15) is 0 Å². The van der Waals surface area contributed by atoms with Crippen LogP contribution in [0.2, 0.25) is 0 Å². The third-order valence-corrected chi connectivity index (χ3v) is 6.37. The Bertz CT molecular complexity index is 576. The van der Waals surface area contributed by atoms with Gasteiger partial charge >= 0.3 is 0 Å². The average molecular weight is 360 g/mol. The molecule has 1 aliphatic rings. The van der Waals surface area contributed by atoms with Crippen LogP contribution >= 0.6 is 15.9 Å². The fraction of sp³-hybridized carbons (Fsp3) is 0.600. The van der Waals surface area contributed by atoms with Crippen molar-refractivity contribution in [1.29, 1.82) is 0 Å². The first-order valence-electron chi connectivity index (χ1n) is 7.06. The van der Waals surface area contributed by atoms with Crippen LogP contribution in [0.15, 0.2) is 27.6 Å². The van der Waals surface area contributed by atoms with Gasteiger partial charge in [0.05, 0.1) is 4.90 Å². The Morgan fingerprint density at radius 3 is 2.30 bits per heavy atom. The second-order valence-electron chi connectivity index (χ2n) is 6.17. The summed E-state index contributed by atoms with van der Waals surface area (Å²) >= 11 is 3.35. The highest BCUT2D eigenvalue weighted by atomic mass is 79.9. The van der Waals surface area contributed by atoms with E-state index in [0.717, 1.165) is 18.4 Å². The summed E-state index contributed by atoms with van der Waals surface area (Å²) < 4.78 is 28.5. The van der Waals surface area contributed by atoms with Crippen molar-refractivity contribution in [2.45, 2.75) is 51.0 Å². The Morgan fingerprint density at radius 2 is 1.75 bits per heavy atom. The Balaban J connectivity index is 2.18. The SMILES string of the molecule is Cc1ccc(S(=O)(=O)NC2CC(C)CC(C)C2)c(Br)c1. The van der Waals surface area contributed by atoms with E-state index >= 15 is 0 Å². The summed E-state index contributed by atoms with van der Waals surface area (Å²) in [5.74, 6) is 1.15. The summed E-state index contributed by atoms with van der Waals surface area (Å²) in [4.78, 5) is 0.328. The molecule has 2 rings (SSSR count). The number of sulfonamides is 1. The number of rotatable bonds is 3. The van der Waals surface area contributed by atoms with Gasteiger partial charge in [-0.2, -0.15) is 0 Å². The van der Waals surface area contributed by atoms with Gasteiger partial charge in [-0.3, -0.25) is 0 Å². The van der Waals surface area contributed by atoms with Crippen LogP contribution in [0.5, 0.6) is 0 Å². The Morgan fingerprint density at radius 1 is 1.15 bits per heavy atom. The third-order valence-electron chi connectivity index (χ3n) is 3.88. The molecule has 2 unspecified atom stereocenters. The minimum absolute atomic E-state index is 0.0481. The molecule has 1 saturated carbocycles. The number of hydrogen-bond donors (Lipinski definition) is 1. The molecule has 0 saturated heterocycles. The van der Waals surface area contributed by atoms with Gasteiger partial charge in [-0.05, 0) is 71.6 Å². The molecule has 2 atom stereocenters. The van der Waals surface area contributed by atoms with E-state index in [-0.39, 0.29) is 6.04 Å². The van der Waals surface area contributed by atoms with Crippen molar-refractivity contribution in [2.75, 3.05) is 0 Å². The number of hydrogen-bond acceptors (Lipinski definition) is 2. The van der Waals surface area contributed by atoms with Gasteiger partial charge in [-0.25, -0.2) is 13.1 Å². The summed E-state index contributed by atoms with van der Waals surface area (Å²) in [6.07, 6.45) is 3.03. The Labute approximate surface area is 130 Å². The molecule has 1 aliphatic carbocycles. The van der Waals surface area contributed by atoms with Crippen LogP contribution in [0.3, 0.4) is 0 Å². The van der Waals surface area contributed by atoms with Gasteiger partial charge in [0, 0.05) is 10.5 Å². The fourth-order valence-corrected chi connectivity index (χ4v) is 5.60. The summed E-state index contributed by atoms with van der Waals surface area (Å²) in [7, 11) is -3.45. The number of nitrogens with one attached hydrogen (secondary N) is 1. The molecular weight excluding hydrogens is 338 g/mol. The van der Waals surface area contributed by atoms with Gasteiger partial charge < -0.3 is 0 Å². The van der Waals surface area contributed by atoms with Crippen molar-refractivity contribution in [3.8, 4) is 0 Å². The zero-order chi connectivity index (χ0) is 14.9. The van der Waals surface area contributed by atoms with E-state index in [1.54, 1.807) is 6.07 Å². The molecule has 1 N–H and O–H groups in total. The van der Waals surface area contributed by atoms with E-state index in [2.05, 4.69) is 34.5 Å². The molecule has 20 heavy (non-hydrogen) atoms. The molecule has 0 amide bonds. The van der Waals surface area contributed by atoms with E-state index in [4.69, 9.17) is 0 Å². The number of aryl methyl sites for hydroxylation is 1. The van der Waals surface area contributed by atoms with Gasteiger partial charge in [0.2, 0.25) is 10.0 Å². The quantitative estimate of drug-likeness (QED) is 0.890. The van der Waals surface area contributed by atoms with Crippen LogP contribution in [0.1, 0.15) is 38.7 Å². The first kappa shape index (κ1) is 16.0. The van der Waals surface area contributed by atoms with Gasteiger partial charge in [-0.1, -0.05) is 19.9 Å². The van der Waals surface area contributed by atoms with Gasteiger partial charge in [0.15, 0.2) is 0 Å². The average Bonchev–Trinajstić information content (AvgIpc) is 2.25. The Kier molecular flexibility index (Phi) is 4.92. The smallest absolute Gasteiger partial charge is 0.208 e. The maximum Gasteiger partial charge on any atom is 0.241 e. The first-order chi connectivity index (χ1) is 9.28. The van der Waals surface area contributed by atoms with Crippen LogP contribution in [0.4, 0.5) is 0 Å². The minimum atomic E-state index is -3.45. The number of benzene rings is 1. The van der Waals surface area contributed by atoms with Crippen molar-refractivity contribution in [2.24, 2.45) is 11.8 Å². The molecular formula is C15H22BrNO2S. The molecule has 5 heteroatoms. The van der Waals surface area contributed by atoms with Crippen LogP contribution in [0.25, 0.3) is 0 Å². The zero-order valence-electron chi connectivity index (χ0n) is 12.2. The highest BCUT2D eigenvalue weighted by molar-refractivity contribution is 9.10. The summed E-state index contributed by atoms with van der Waals surface area (Å²) in [6, 6.07) is 5.37. The molecule has 0 spiro atoms. The largest absolute Gasteiger partial charge is 0.241 e. The maximum atomic E-state index is 12.5. The lowest BCUT2D eigenvalue weighted by Gasteiger charge is -2.31. The Hall–Kier alpha value is -0.390.